The van der Waals surface area contributed by atoms with Crippen molar-refractivity contribution in [3.63, 3.8) is 0 Å². The van der Waals surface area contributed by atoms with Gasteiger partial charge >= 0.3 is 0 Å². The monoisotopic (exact) mass is 392 g/mol. The molecular formula is C21H17FN4O3. The second kappa shape index (κ2) is 8.02. The van der Waals surface area contributed by atoms with Gasteiger partial charge in [-0.1, -0.05) is 12.1 Å². The van der Waals surface area contributed by atoms with Crippen LogP contribution in [0.2, 0.25) is 0 Å². The Morgan fingerprint density at radius 1 is 1.17 bits per heavy atom. The van der Waals surface area contributed by atoms with Gasteiger partial charge in [-0.05, 0) is 30.7 Å². The van der Waals surface area contributed by atoms with E-state index in [9.17, 15) is 14.4 Å². The molecule has 0 saturated heterocycles. The van der Waals surface area contributed by atoms with Gasteiger partial charge in [-0.3, -0.25) is 4.79 Å². The number of pyridine rings is 1. The maximum absolute atomic E-state index is 13.6. The van der Waals surface area contributed by atoms with Gasteiger partial charge < -0.3 is 20.1 Å². The molecule has 0 radical (unpaired) electrons. The van der Waals surface area contributed by atoms with Crippen LogP contribution in [-0.4, -0.2) is 30.8 Å². The zero-order valence-corrected chi connectivity index (χ0v) is 15.4. The van der Waals surface area contributed by atoms with Gasteiger partial charge in [-0.15, -0.1) is 0 Å². The summed E-state index contributed by atoms with van der Waals surface area (Å²) in [5.41, 5.74) is 1.11. The molecule has 1 aliphatic heterocycles. The summed E-state index contributed by atoms with van der Waals surface area (Å²) < 4.78 is 24.3. The number of benzene rings is 2. The van der Waals surface area contributed by atoms with Crippen molar-refractivity contribution < 1.29 is 18.7 Å². The molecular weight excluding hydrogens is 375 g/mol. The van der Waals surface area contributed by atoms with Gasteiger partial charge in [0.1, 0.15) is 17.7 Å². The number of halogens is 1. The van der Waals surface area contributed by atoms with Gasteiger partial charge in [0.2, 0.25) is 6.79 Å². The van der Waals surface area contributed by atoms with Crippen LogP contribution in [0, 0.1) is 17.1 Å². The molecule has 1 aliphatic rings. The van der Waals surface area contributed by atoms with Crippen LogP contribution in [0.25, 0.3) is 10.9 Å². The van der Waals surface area contributed by atoms with Crippen molar-refractivity contribution in [3.05, 3.63) is 59.4 Å². The average molecular weight is 392 g/mol. The topological polar surface area (TPSA) is 96.3 Å². The summed E-state index contributed by atoms with van der Waals surface area (Å²) in [6.07, 6.45) is 0.575. The lowest BCUT2D eigenvalue weighted by molar-refractivity contribution is 0.0949. The van der Waals surface area contributed by atoms with Crippen LogP contribution in [-0.2, 0) is 0 Å². The van der Waals surface area contributed by atoms with E-state index in [4.69, 9.17) is 9.47 Å². The molecule has 0 fully saturated rings. The number of hydrogen-bond acceptors (Lipinski definition) is 6. The molecule has 7 nitrogen and oxygen atoms in total. The number of nitrogens with one attached hydrogen (secondary N) is 2. The summed E-state index contributed by atoms with van der Waals surface area (Å²) in [6, 6.07) is 13.3. The number of ether oxygens (including phenoxy) is 2. The van der Waals surface area contributed by atoms with Crippen molar-refractivity contribution in [2.75, 3.05) is 25.2 Å². The fourth-order valence-electron chi connectivity index (χ4n) is 3.02. The van der Waals surface area contributed by atoms with Crippen LogP contribution in [0.4, 0.5) is 10.2 Å². The van der Waals surface area contributed by atoms with Crippen molar-refractivity contribution in [1.82, 2.24) is 10.3 Å². The lowest BCUT2D eigenvalue weighted by atomic mass is 10.1. The second-order valence-electron chi connectivity index (χ2n) is 6.41. The molecule has 0 unspecified atom stereocenters. The summed E-state index contributed by atoms with van der Waals surface area (Å²) in [7, 11) is 0. The number of hydrogen-bond donors (Lipinski definition) is 2. The first kappa shape index (κ1) is 18.5. The average Bonchev–Trinajstić information content (AvgIpc) is 3.18. The maximum atomic E-state index is 13.6. The van der Waals surface area contributed by atoms with Crippen LogP contribution in [0.5, 0.6) is 11.5 Å². The Bertz CT molecular complexity index is 1130. The number of nitriles is 1. The van der Waals surface area contributed by atoms with Gasteiger partial charge in [0.25, 0.3) is 5.91 Å². The molecule has 0 saturated carbocycles. The minimum Gasteiger partial charge on any atom is -0.454 e. The highest BCUT2D eigenvalue weighted by Crippen LogP contribution is 2.36. The SMILES string of the molecule is N#Cc1cc2cc3c(cc2nc1NCCCNC(=O)c1ccccc1F)OCO3. The summed E-state index contributed by atoms with van der Waals surface area (Å²) in [5.74, 6) is 0.703. The fraction of sp³-hybridized carbons (Fsp3) is 0.190. The molecule has 0 spiro atoms. The summed E-state index contributed by atoms with van der Waals surface area (Å²) in [5, 5.41) is 16.0. The number of carbonyl (C=O) groups excluding carboxylic acids is 1. The van der Waals surface area contributed by atoms with Crippen molar-refractivity contribution in [2.24, 2.45) is 0 Å². The van der Waals surface area contributed by atoms with E-state index in [0.29, 0.717) is 47.9 Å². The van der Waals surface area contributed by atoms with E-state index in [1.54, 1.807) is 24.3 Å². The Morgan fingerprint density at radius 3 is 2.76 bits per heavy atom. The quantitative estimate of drug-likeness (QED) is 0.626. The molecule has 0 atom stereocenters. The maximum Gasteiger partial charge on any atom is 0.254 e. The molecule has 2 N–H and O–H groups in total. The Balaban J connectivity index is 1.37. The van der Waals surface area contributed by atoms with E-state index in [0.717, 1.165) is 5.39 Å². The van der Waals surface area contributed by atoms with Gasteiger partial charge in [0, 0.05) is 24.5 Å². The summed E-state index contributed by atoms with van der Waals surface area (Å²) in [6.45, 7) is 1.00. The summed E-state index contributed by atoms with van der Waals surface area (Å²) >= 11 is 0. The van der Waals surface area contributed by atoms with Crippen LogP contribution >= 0.6 is 0 Å². The first-order chi connectivity index (χ1) is 14.2. The molecule has 4 rings (SSSR count). The number of aromatic nitrogens is 1. The number of nitrogens with zero attached hydrogens (tertiary/aromatic N) is 2. The van der Waals surface area contributed by atoms with Crippen molar-refractivity contribution in [2.45, 2.75) is 6.42 Å². The molecule has 0 aliphatic carbocycles. The number of fused-ring (bicyclic) bond motifs is 2. The predicted octanol–water partition coefficient (Wildman–Crippen LogP) is 3.21. The molecule has 1 aromatic heterocycles. The highest BCUT2D eigenvalue weighted by molar-refractivity contribution is 5.94. The Morgan fingerprint density at radius 2 is 1.97 bits per heavy atom. The van der Waals surface area contributed by atoms with Gasteiger partial charge in [-0.2, -0.15) is 5.26 Å². The Hall–Kier alpha value is -3.86. The summed E-state index contributed by atoms with van der Waals surface area (Å²) in [4.78, 5) is 16.5. The zero-order valence-electron chi connectivity index (χ0n) is 15.4. The van der Waals surface area contributed by atoms with E-state index in [1.807, 2.05) is 0 Å². The predicted molar refractivity (Wildman–Crippen MR) is 104 cm³/mol. The lowest BCUT2D eigenvalue weighted by Gasteiger charge is -2.10. The van der Waals surface area contributed by atoms with E-state index in [1.165, 1.54) is 18.2 Å². The molecule has 3 aromatic rings. The first-order valence-electron chi connectivity index (χ1n) is 9.07. The third kappa shape index (κ3) is 3.89. The highest BCUT2D eigenvalue weighted by Gasteiger charge is 2.16. The number of amides is 1. The number of carbonyl (C=O) groups is 1. The fourth-order valence-corrected chi connectivity index (χ4v) is 3.02. The number of rotatable bonds is 6. The van der Waals surface area contributed by atoms with E-state index in [2.05, 4.69) is 21.7 Å². The van der Waals surface area contributed by atoms with Crippen LogP contribution < -0.4 is 20.1 Å². The lowest BCUT2D eigenvalue weighted by Crippen LogP contribution is -2.26. The van der Waals surface area contributed by atoms with E-state index in [-0.39, 0.29) is 12.4 Å². The molecule has 146 valence electrons. The third-order valence-electron chi connectivity index (χ3n) is 4.48. The standard InChI is InChI=1S/C21H17FN4O3/c22-16-5-2-1-4-15(16)21(27)25-7-3-6-24-20-14(11-23)8-13-9-18-19(29-12-28-18)10-17(13)26-20/h1-2,4-5,8-10H,3,6-7,12H2,(H,24,26)(H,25,27). The Kier molecular flexibility index (Phi) is 5.12. The van der Waals surface area contributed by atoms with E-state index < -0.39 is 11.7 Å². The zero-order chi connectivity index (χ0) is 20.2. The molecule has 0 bridgehead atoms. The van der Waals surface area contributed by atoms with Crippen LogP contribution in [0.3, 0.4) is 0 Å². The van der Waals surface area contributed by atoms with Gasteiger partial charge in [0.15, 0.2) is 11.5 Å². The second-order valence-corrected chi connectivity index (χ2v) is 6.41. The van der Waals surface area contributed by atoms with Crippen molar-refractivity contribution >= 4 is 22.6 Å². The number of anilines is 1. The first-order valence-corrected chi connectivity index (χ1v) is 9.07. The van der Waals surface area contributed by atoms with Gasteiger partial charge in [0.05, 0.1) is 16.6 Å². The van der Waals surface area contributed by atoms with Crippen LogP contribution in [0.15, 0.2) is 42.5 Å². The van der Waals surface area contributed by atoms with Crippen molar-refractivity contribution in [1.29, 1.82) is 5.26 Å². The van der Waals surface area contributed by atoms with Gasteiger partial charge in [-0.25, -0.2) is 9.37 Å². The normalized spacial score (nSPS) is 11.9. The largest absolute Gasteiger partial charge is 0.454 e. The molecule has 1 amide bonds. The molecule has 2 aromatic carbocycles. The molecule has 29 heavy (non-hydrogen) atoms. The minimum atomic E-state index is -0.553. The van der Waals surface area contributed by atoms with E-state index >= 15 is 0 Å². The minimum absolute atomic E-state index is 0.0159. The van der Waals surface area contributed by atoms with Crippen LogP contribution in [0.1, 0.15) is 22.3 Å². The molecule has 2 heterocycles. The highest BCUT2D eigenvalue weighted by atomic mass is 19.1. The smallest absolute Gasteiger partial charge is 0.254 e. The molecule has 8 heteroatoms. The van der Waals surface area contributed by atoms with Crippen molar-refractivity contribution in [3.8, 4) is 17.6 Å². The third-order valence-corrected chi connectivity index (χ3v) is 4.48. The Labute approximate surface area is 166 Å².